The van der Waals surface area contributed by atoms with Gasteiger partial charge < -0.3 is 4.74 Å². The van der Waals surface area contributed by atoms with E-state index >= 15 is 0 Å². The molecule has 0 saturated heterocycles. The Morgan fingerprint density at radius 1 is 0.853 bits per heavy atom. The molecule has 34 heavy (non-hydrogen) atoms. The number of carbonyl (C=O) groups excluding carboxylic acids is 2. The first-order chi connectivity index (χ1) is 15.8. The molecule has 2 N–H and O–H groups in total. The highest BCUT2D eigenvalue weighted by Gasteiger charge is 2.24. The smallest absolute Gasteiger partial charge is 0.338 e. The van der Waals surface area contributed by atoms with Crippen LogP contribution < -0.4 is 9.44 Å². The van der Waals surface area contributed by atoms with E-state index in [1.807, 2.05) is 0 Å². The zero-order valence-electron chi connectivity index (χ0n) is 18.4. The van der Waals surface area contributed by atoms with Gasteiger partial charge in [-0.1, -0.05) is 32.9 Å². The highest BCUT2D eigenvalue weighted by Crippen LogP contribution is 2.27. The first-order valence-corrected chi connectivity index (χ1v) is 14.5. The predicted molar refractivity (Wildman–Crippen MR) is 131 cm³/mol. The van der Waals surface area contributed by atoms with Crippen molar-refractivity contribution < 1.29 is 31.2 Å². The molecular formula is C21H22N2O7S4. The number of carbonyl (C=O) groups is 2. The summed E-state index contributed by atoms with van der Waals surface area (Å²) in [5.41, 5.74) is -0.986. The van der Waals surface area contributed by atoms with E-state index in [1.54, 1.807) is 43.7 Å². The molecule has 0 unspecified atom stereocenters. The summed E-state index contributed by atoms with van der Waals surface area (Å²) in [7, 11) is -7.95. The fourth-order valence-electron chi connectivity index (χ4n) is 2.54. The number of anilines is 2. The van der Waals surface area contributed by atoms with Crippen LogP contribution in [-0.2, 0) is 29.6 Å². The van der Waals surface area contributed by atoms with E-state index in [4.69, 9.17) is 4.74 Å². The van der Waals surface area contributed by atoms with Gasteiger partial charge in [-0.25, -0.2) is 21.6 Å². The molecule has 13 heteroatoms. The summed E-state index contributed by atoms with van der Waals surface area (Å²) in [6.45, 7) is 4.56. The quantitative estimate of drug-likeness (QED) is 0.387. The van der Waals surface area contributed by atoms with Crippen LogP contribution in [0.5, 0.6) is 0 Å². The topological polar surface area (TPSA) is 136 Å². The minimum absolute atomic E-state index is 0.0389. The van der Waals surface area contributed by atoms with E-state index in [-0.39, 0.29) is 31.1 Å². The van der Waals surface area contributed by atoms with Gasteiger partial charge in [0.1, 0.15) is 8.42 Å². The molecule has 1 aromatic carbocycles. The SMILES string of the molecule is CC(C)(C)C(=O)COC(=O)c1cc(NS(=O)(=O)c2cccs2)cc(NS(=O)(=O)c2cccs2)c1. The lowest BCUT2D eigenvalue weighted by Gasteiger charge is -2.17. The first-order valence-electron chi connectivity index (χ1n) is 9.76. The monoisotopic (exact) mass is 542 g/mol. The molecule has 9 nitrogen and oxygen atoms in total. The number of rotatable bonds is 9. The molecule has 0 spiro atoms. The predicted octanol–water partition coefficient (Wildman–Crippen LogP) is 4.18. The van der Waals surface area contributed by atoms with Crippen LogP contribution in [-0.4, -0.2) is 35.2 Å². The van der Waals surface area contributed by atoms with Crippen LogP contribution in [0, 0.1) is 5.41 Å². The number of nitrogens with one attached hydrogen (secondary N) is 2. The maximum Gasteiger partial charge on any atom is 0.338 e. The molecule has 182 valence electrons. The standard InChI is InChI=1S/C21H22N2O7S4/c1-21(2,3)17(24)13-30-20(25)14-10-15(22-33(26,27)18-6-4-8-31-18)12-16(11-14)23-34(28,29)19-7-5-9-32-19/h4-12,22-23H,13H2,1-3H3. The lowest BCUT2D eigenvalue weighted by Crippen LogP contribution is -2.26. The highest BCUT2D eigenvalue weighted by molar-refractivity contribution is 7.95. The largest absolute Gasteiger partial charge is 0.454 e. The highest BCUT2D eigenvalue weighted by atomic mass is 32.3. The summed E-state index contributed by atoms with van der Waals surface area (Å²) in [5.74, 6) is -1.22. The number of thiophene rings is 2. The van der Waals surface area contributed by atoms with Gasteiger partial charge in [-0.05, 0) is 41.1 Å². The number of hydrogen-bond donors (Lipinski definition) is 2. The molecule has 0 atom stereocenters. The summed E-state index contributed by atoms with van der Waals surface area (Å²) in [4.78, 5) is 24.8. The molecule has 2 heterocycles. The Morgan fingerprint density at radius 3 is 1.71 bits per heavy atom. The van der Waals surface area contributed by atoms with Crippen LogP contribution in [0.15, 0.2) is 61.6 Å². The van der Waals surface area contributed by atoms with Crippen molar-refractivity contribution in [3.63, 3.8) is 0 Å². The minimum atomic E-state index is -3.97. The van der Waals surface area contributed by atoms with Gasteiger partial charge in [-0.15, -0.1) is 22.7 Å². The number of sulfonamides is 2. The number of benzene rings is 1. The van der Waals surface area contributed by atoms with Crippen molar-refractivity contribution in [2.45, 2.75) is 29.2 Å². The summed E-state index contributed by atoms with van der Waals surface area (Å²) in [6.07, 6.45) is 0. The third-order valence-corrected chi connectivity index (χ3v) is 9.92. The van der Waals surface area contributed by atoms with Crippen LogP contribution in [0.1, 0.15) is 31.1 Å². The molecule has 0 radical (unpaired) electrons. The third kappa shape index (κ3) is 6.44. The van der Waals surface area contributed by atoms with Crippen molar-refractivity contribution in [2.24, 2.45) is 5.41 Å². The molecule has 2 aromatic heterocycles. The normalized spacial score (nSPS) is 12.2. The van der Waals surface area contributed by atoms with E-state index in [0.717, 1.165) is 22.7 Å². The second-order valence-electron chi connectivity index (χ2n) is 8.12. The Morgan fingerprint density at radius 2 is 1.32 bits per heavy atom. The van der Waals surface area contributed by atoms with E-state index in [2.05, 4.69) is 9.44 Å². The van der Waals surface area contributed by atoms with Gasteiger partial charge in [0.05, 0.1) is 16.9 Å². The molecule has 3 rings (SSSR count). The summed E-state index contributed by atoms with van der Waals surface area (Å²) < 4.78 is 60.5. The third-order valence-electron chi connectivity index (χ3n) is 4.36. The lowest BCUT2D eigenvalue weighted by molar-refractivity contribution is -0.129. The number of ether oxygens (including phenoxy) is 1. The van der Waals surface area contributed by atoms with Crippen LogP contribution >= 0.6 is 22.7 Å². The Balaban J connectivity index is 1.94. The summed E-state index contributed by atoms with van der Waals surface area (Å²) in [5, 5.41) is 3.18. The zero-order chi connectivity index (χ0) is 25.1. The number of esters is 1. The molecule has 0 aliphatic carbocycles. The van der Waals surface area contributed by atoms with Gasteiger partial charge in [-0.2, -0.15) is 0 Å². The Bertz CT molecular complexity index is 1300. The number of Topliss-reactive ketones (excluding diaryl/α,β-unsaturated/α-hetero) is 1. The van der Waals surface area contributed by atoms with Crippen molar-refractivity contribution >= 4 is 65.8 Å². The van der Waals surface area contributed by atoms with Crippen LogP contribution in [0.25, 0.3) is 0 Å². The van der Waals surface area contributed by atoms with Crippen molar-refractivity contribution in [1.82, 2.24) is 0 Å². The van der Waals surface area contributed by atoms with E-state index in [0.29, 0.717) is 0 Å². The van der Waals surface area contributed by atoms with Gasteiger partial charge in [0.2, 0.25) is 0 Å². The molecular weight excluding hydrogens is 521 g/mol. The maximum absolute atomic E-state index is 12.7. The molecule has 0 aliphatic heterocycles. The molecule has 0 bridgehead atoms. The van der Waals surface area contributed by atoms with Crippen LogP contribution in [0.4, 0.5) is 11.4 Å². The lowest BCUT2D eigenvalue weighted by atomic mass is 9.91. The maximum atomic E-state index is 12.7. The van der Waals surface area contributed by atoms with Crippen molar-refractivity contribution in [3.05, 3.63) is 58.8 Å². The average Bonchev–Trinajstić information content (AvgIpc) is 3.44. The van der Waals surface area contributed by atoms with Gasteiger partial charge in [0, 0.05) is 5.41 Å². The van der Waals surface area contributed by atoms with E-state index < -0.39 is 38.0 Å². The van der Waals surface area contributed by atoms with Crippen molar-refractivity contribution in [1.29, 1.82) is 0 Å². The second-order valence-corrected chi connectivity index (χ2v) is 13.8. The second kappa shape index (κ2) is 9.86. The molecule has 0 saturated carbocycles. The van der Waals surface area contributed by atoms with Gasteiger partial charge in [0.25, 0.3) is 20.0 Å². The average molecular weight is 543 g/mol. The Kier molecular flexibility index (Phi) is 7.50. The van der Waals surface area contributed by atoms with Gasteiger partial charge in [-0.3, -0.25) is 14.2 Å². The molecule has 3 aromatic rings. The minimum Gasteiger partial charge on any atom is -0.454 e. The van der Waals surface area contributed by atoms with E-state index in [1.165, 1.54) is 30.3 Å². The van der Waals surface area contributed by atoms with Gasteiger partial charge >= 0.3 is 5.97 Å². The van der Waals surface area contributed by atoms with Gasteiger partial charge in [0.15, 0.2) is 12.4 Å². The van der Waals surface area contributed by atoms with Crippen LogP contribution in [0.2, 0.25) is 0 Å². The van der Waals surface area contributed by atoms with Crippen LogP contribution in [0.3, 0.4) is 0 Å². The van der Waals surface area contributed by atoms with Crippen molar-refractivity contribution in [2.75, 3.05) is 16.1 Å². The Hall–Kier alpha value is -2.74. The number of ketones is 1. The fraction of sp³-hybridized carbons (Fsp3) is 0.238. The first kappa shape index (κ1) is 25.9. The summed E-state index contributed by atoms with van der Waals surface area (Å²) in [6, 6.07) is 9.61. The molecule has 0 aliphatic rings. The number of hydrogen-bond acceptors (Lipinski definition) is 9. The Labute approximate surface area is 205 Å². The van der Waals surface area contributed by atoms with E-state index in [9.17, 15) is 26.4 Å². The molecule has 0 amide bonds. The molecule has 0 fully saturated rings. The summed E-state index contributed by atoms with van der Waals surface area (Å²) >= 11 is 1.99. The van der Waals surface area contributed by atoms with Crippen molar-refractivity contribution in [3.8, 4) is 0 Å². The zero-order valence-corrected chi connectivity index (χ0v) is 21.7. The fourth-order valence-corrected chi connectivity index (χ4v) is 6.60.